The van der Waals surface area contributed by atoms with E-state index in [1.165, 1.54) is 22.3 Å². The Morgan fingerprint density at radius 1 is 1.00 bits per heavy atom. The highest BCUT2D eigenvalue weighted by Gasteiger charge is 2.03. The first-order chi connectivity index (χ1) is 9.66. The summed E-state index contributed by atoms with van der Waals surface area (Å²) in [5.74, 6) is 0. The van der Waals surface area contributed by atoms with Gasteiger partial charge in [-0.1, -0.05) is 24.3 Å². The van der Waals surface area contributed by atoms with Gasteiger partial charge in [-0.2, -0.15) is 0 Å². The van der Waals surface area contributed by atoms with Gasteiger partial charge in [-0.05, 0) is 49.3 Å². The first-order valence-corrected chi connectivity index (χ1v) is 6.98. The average molecular weight is 269 g/mol. The fraction of sp³-hybridized carbons (Fsp3) is 0.353. The SMILES string of the molecule is Cc1ccncc1CNCc1ccccc1CN(C)C. The maximum absolute atomic E-state index is 4.18. The lowest BCUT2D eigenvalue weighted by Gasteiger charge is -2.15. The molecule has 0 spiro atoms. The molecule has 0 atom stereocenters. The third-order valence-corrected chi connectivity index (χ3v) is 3.38. The number of nitrogens with zero attached hydrogens (tertiary/aromatic N) is 2. The van der Waals surface area contributed by atoms with Crippen LogP contribution in [0.4, 0.5) is 0 Å². The van der Waals surface area contributed by atoms with Crippen LogP contribution in [0.5, 0.6) is 0 Å². The molecule has 0 unspecified atom stereocenters. The van der Waals surface area contributed by atoms with E-state index in [1.54, 1.807) is 0 Å². The third-order valence-electron chi connectivity index (χ3n) is 3.38. The van der Waals surface area contributed by atoms with Crippen LogP contribution in [-0.2, 0) is 19.6 Å². The Balaban J connectivity index is 1.96. The van der Waals surface area contributed by atoms with Crippen LogP contribution in [-0.4, -0.2) is 24.0 Å². The normalized spacial score (nSPS) is 11.0. The van der Waals surface area contributed by atoms with Gasteiger partial charge in [0.05, 0.1) is 0 Å². The first-order valence-electron chi connectivity index (χ1n) is 6.98. The topological polar surface area (TPSA) is 28.2 Å². The van der Waals surface area contributed by atoms with Crippen LogP contribution in [0, 0.1) is 6.92 Å². The molecule has 20 heavy (non-hydrogen) atoms. The van der Waals surface area contributed by atoms with Crippen molar-refractivity contribution in [3.8, 4) is 0 Å². The van der Waals surface area contributed by atoms with E-state index >= 15 is 0 Å². The molecule has 0 radical (unpaired) electrons. The highest BCUT2D eigenvalue weighted by molar-refractivity contribution is 5.27. The molecular formula is C17H23N3. The van der Waals surface area contributed by atoms with Gasteiger partial charge in [0.2, 0.25) is 0 Å². The van der Waals surface area contributed by atoms with Gasteiger partial charge in [-0.25, -0.2) is 0 Å². The fourth-order valence-corrected chi connectivity index (χ4v) is 2.24. The summed E-state index contributed by atoms with van der Waals surface area (Å²) in [5.41, 5.74) is 5.29. The van der Waals surface area contributed by atoms with E-state index < -0.39 is 0 Å². The molecule has 2 rings (SSSR count). The Hall–Kier alpha value is -1.71. The Morgan fingerprint density at radius 3 is 2.40 bits per heavy atom. The Kier molecular flexibility index (Phi) is 5.27. The van der Waals surface area contributed by atoms with Crippen LogP contribution in [0.1, 0.15) is 22.3 Å². The Labute approximate surface area is 121 Å². The van der Waals surface area contributed by atoms with Crippen molar-refractivity contribution >= 4 is 0 Å². The van der Waals surface area contributed by atoms with E-state index in [9.17, 15) is 0 Å². The number of hydrogen-bond donors (Lipinski definition) is 1. The van der Waals surface area contributed by atoms with Gasteiger partial charge in [0, 0.05) is 32.0 Å². The molecule has 0 aliphatic rings. The molecule has 3 nitrogen and oxygen atoms in total. The minimum Gasteiger partial charge on any atom is -0.309 e. The van der Waals surface area contributed by atoms with Crippen LogP contribution < -0.4 is 5.32 Å². The molecule has 0 fully saturated rings. The van der Waals surface area contributed by atoms with E-state index in [0.29, 0.717) is 0 Å². The number of pyridine rings is 1. The second kappa shape index (κ2) is 7.17. The van der Waals surface area contributed by atoms with Gasteiger partial charge >= 0.3 is 0 Å². The van der Waals surface area contributed by atoms with Crippen LogP contribution in [0.2, 0.25) is 0 Å². The molecule has 1 aromatic heterocycles. The maximum Gasteiger partial charge on any atom is 0.0315 e. The van der Waals surface area contributed by atoms with Crippen molar-refractivity contribution in [2.75, 3.05) is 14.1 Å². The molecular weight excluding hydrogens is 246 g/mol. The van der Waals surface area contributed by atoms with Crippen LogP contribution >= 0.6 is 0 Å². The number of rotatable bonds is 6. The van der Waals surface area contributed by atoms with Crippen LogP contribution in [0.25, 0.3) is 0 Å². The largest absolute Gasteiger partial charge is 0.309 e. The summed E-state index contributed by atoms with van der Waals surface area (Å²) in [4.78, 5) is 6.38. The molecule has 3 heteroatoms. The van der Waals surface area contributed by atoms with Crippen molar-refractivity contribution in [1.29, 1.82) is 0 Å². The second-order valence-electron chi connectivity index (χ2n) is 5.41. The van der Waals surface area contributed by atoms with Gasteiger partial charge in [0.25, 0.3) is 0 Å². The zero-order valence-corrected chi connectivity index (χ0v) is 12.6. The van der Waals surface area contributed by atoms with E-state index in [-0.39, 0.29) is 0 Å². The molecule has 1 N–H and O–H groups in total. The van der Waals surface area contributed by atoms with Gasteiger partial charge in [0.1, 0.15) is 0 Å². The predicted octanol–water partition coefficient (Wildman–Crippen LogP) is 2.74. The smallest absolute Gasteiger partial charge is 0.0315 e. The summed E-state index contributed by atoms with van der Waals surface area (Å²) in [6.45, 7) is 4.84. The lowest BCUT2D eigenvalue weighted by molar-refractivity contribution is 0.400. The lowest BCUT2D eigenvalue weighted by atomic mass is 10.1. The molecule has 106 valence electrons. The quantitative estimate of drug-likeness (QED) is 0.874. The van der Waals surface area contributed by atoms with Gasteiger partial charge < -0.3 is 10.2 Å². The van der Waals surface area contributed by atoms with Gasteiger partial charge in [0.15, 0.2) is 0 Å². The summed E-state index contributed by atoms with van der Waals surface area (Å²) in [5, 5.41) is 3.51. The van der Waals surface area contributed by atoms with Gasteiger partial charge in [-0.3, -0.25) is 4.98 Å². The summed E-state index contributed by atoms with van der Waals surface area (Å²) >= 11 is 0. The third kappa shape index (κ3) is 4.15. The number of hydrogen-bond acceptors (Lipinski definition) is 3. The maximum atomic E-state index is 4.18. The van der Waals surface area contributed by atoms with E-state index in [4.69, 9.17) is 0 Å². The molecule has 0 saturated carbocycles. The van der Waals surface area contributed by atoms with Crippen molar-refractivity contribution < 1.29 is 0 Å². The zero-order valence-electron chi connectivity index (χ0n) is 12.6. The highest BCUT2D eigenvalue weighted by Crippen LogP contribution is 2.11. The minimum atomic E-state index is 0.857. The highest BCUT2D eigenvalue weighted by atomic mass is 15.0. The molecule has 1 aromatic carbocycles. The first kappa shape index (κ1) is 14.7. The second-order valence-corrected chi connectivity index (χ2v) is 5.41. The van der Waals surface area contributed by atoms with Crippen molar-refractivity contribution in [2.24, 2.45) is 0 Å². The molecule has 0 saturated heterocycles. The zero-order chi connectivity index (χ0) is 14.4. The standard InChI is InChI=1S/C17H23N3/c1-14-8-9-18-11-17(14)12-19-10-15-6-4-5-7-16(15)13-20(2)3/h4-9,11,19H,10,12-13H2,1-3H3. The molecule has 0 aliphatic heterocycles. The van der Waals surface area contributed by atoms with Crippen molar-refractivity contribution in [3.63, 3.8) is 0 Å². The predicted molar refractivity (Wildman–Crippen MR) is 83.4 cm³/mol. The van der Waals surface area contributed by atoms with Crippen LogP contribution in [0.15, 0.2) is 42.7 Å². The van der Waals surface area contributed by atoms with Crippen molar-refractivity contribution in [1.82, 2.24) is 15.2 Å². The van der Waals surface area contributed by atoms with E-state index in [2.05, 4.69) is 66.6 Å². The monoisotopic (exact) mass is 269 g/mol. The van der Waals surface area contributed by atoms with Gasteiger partial charge in [-0.15, -0.1) is 0 Å². The van der Waals surface area contributed by atoms with E-state index in [1.807, 2.05) is 12.4 Å². The summed E-state index contributed by atoms with van der Waals surface area (Å²) in [6, 6.07) is 10.7. The van der Waals surface area contributed by atoms with E-state index in [0.717, 1.165) is 19.6 Å². The van der Waals surface area contributed by atoms with Crippen molar-refractivity contribution in [2.45, 2.75) is 26.6 Å². The van der Waals surface area contributed by atoms with Crippen LogP contribution in [0.3, 0.4) is 0 Å². The molecule has 0 bridgehead atoms. The lowest BCUT2D eigenvalue weighted by Crippen LogP contribution is -2.17. The molecule has 1 heterocycles. The Morgan fingerprint density at radius 2 is 1.70 bits per heavy atom. The molecule has 0 aliphatic carbocycles. The summed E-state index contributed by atoms with van der Waals surface area (Å²) in [6.07, 6.45) is 3.78. The molecule has 2 aromatic rings. The summed E-state index contributed by atoms with van der Waals surface area (Å²) < 4.78 is 0. The molecule has 0 amide bonds. The number of benzene rings is 1. The number of nitrogens with one attached hydrogen (secondary N) is 1. The number of aromatic nitrogens is 1. The fourth-order valence-electron chi connectivity index (χ4n) is 2.24. The van der Waals surface area contributed by atoms with Crippen molar-refractivity contribution in [3.05, 3.63) is 65.0 Å². The summed E-state index contributed by atoms with van der Waals surface area (Å²) in [7, 11) is 4.20. The minimum absolute atomic E-state index is 0.857. The Bertz CT molecular complexity index is 549. The number of aryl methyl sites for hydroxylation is 1. The average Bonchev–Trinajstić information content (AvgIpc) is 2.42.